The van der Waals surface area contributed by atoms with Crippen LogP contribution in [-0.2, 0) is 22.6 Å². The van der Waals surface area contributed by atoms with Crippen molar-refractivity contribution in [3.05, 3.63) is 138 Å². The van der Waals surface area contributed by atoms with Crippen molar-refractivity contribution in [3.8, 4) is 39.7 Å². The summed E-state index contributed by atoms with van der Waals surface area (Å²) in [6.07, 6.45) is -0.537. The van der Waals surface area contributed by atoms with Gasteiger partial charge >= 0.3 is 5.97 Å². The number of carboxylic acids is 1. The molecule has 0 aliphatic carbocycles. The predicted molar refractivity (Wildman–Crippen MR) is 186 cm³/mol. The molecular formula is C39H32F2N4O5. The summed E-state index contributed by atoms with van der Waals surface area (Å²) in [5.74, 6) is -2.78. The Morgan fingerprint density at radius 3 is 2.08 bits per heavy atom. The van der Waals surface area contributed by atoms with Crippen LogP contribution < -0.4 is 15.0 Å². The Kier molecular flexibility index (Phi) is 9.94. The quantitative estimate of drug-likeness (QED) is 0.134. The molecule has 0 aliphatic rings. The second-order valence-electron chi connectivity index (χ2n) is 11.6. The Morgan fingerprint density at radius 1 is 0.820 bits per heavy atom. The van der Waals surface area contributed by atoms with Crippen molar-refractivity contribution in [3.63, 3.8) is 0 Å². The van der Waals surface area contributed by atoms with Crippen molar-refractivity contribution < 1.29 is 32.7 Å². The molecule has 9 nitrogen and oxygen atoms in total. The van der Waals surface area contributed by atoms with Gasteiger partial charge in [0.2, 0.25) is 11.7 Å². The van der Waals surface area contributed by atoms with E-state index in [0.29, 0.717) is 23.1 Å². The van der Waals surface area contributed by atoms with E-state index in [1.54, 1.807) is 29.2 Å². The average Bonchev–Trinajstić information content (AvgIpc) is 3.61. The zero-order valence-corrected chi connectivity index (χ0v) is 27.2. The van der Waals surface area contributed by atoms with Gasteiger partial charge in [-0.1, -0.05) is 71.4 Å². The molecule has 0 saturated carbocycles. The lowest BCUT2D eigenvalue weighted by Crippen LogP contribution is -2.29. The van der Waals surface area contributed by atoms with Gasteiger partial charge in [0.05, 0.1) is 13.5 Å². The summed E-state index contributed by atoms with van der Waals surface area (Å²) in [4.78, 5) is 30.5. The van der Waals surface area contributed by atoms with Gasteiger partial charge in [-0.2, -0.15) is 4.98 Å². The Balaban J connectivity index is 1.10. The number of methoxy groups -OCH3 is 1. The van der Waals surface area contributed by atoms with Crippen LogP contribution in [0.25, 0.3) is 34.0 Å². The summed E-state index contributed by atoms with van der Waals surface area (Å²) < 4.78 is 39.1. The molecule has 0 fully saturated rings. The molecule has 6 rings (SSSR count). The number of hydrogen-bond donors (Lipinski definition) is 2. The van der Waals surface area contributed by atoms with Crippen LogP contribution in [-0.4, -0.2) is 40.8 Å². The number of ether oxygens (including phenoxy) is 1. The molecule has 6 aromatic rings. The third kappa shape index (κ3) is 7.84. The van der Waals surface area contributed by atoms with E-state index in [-0.39, 0.29) is 18.8 Å². The summed E-state index contributed by atoms with van der Waals surface area (Å²) in [7, 11) is 1.25. The van der Waals surface area contributed by atoms with Gasteiger partial charge in [0.1, 0.15) is 12.4 Å². The molecule has 0 bridgehead atoms. The van der Waals surface area contributed by atoms with Crippen molar-refractivity contribution in [1.29, 1.82) is 0 Å². The minimum atomic E-state index is -1.02. The first kappa shape index (κ1) is 33.5. The minimum Gasteiger partial charge on any atom is -0.494 e. The molecule has 0 spiro atoms. The maximum Gasteiger partial charge on any atom is 0.323 e. The molecule has 1 heterocycles. The number of carbonyl (C=O) groups excluding carboxylic acids is 1. The number of amides is 1. The Hall–Kier alpha value is -6.36. The topological polar surface area (TPSA) is 118 Å². The van der Waals surface area contributed by atoms with Gasteiger partial charge in [-0.15, -0.1) is 0 Å². The van der Waals surface area contributed by atoms with Gasteiger partial charge < -0.3 is 24.6 Å². The number of aryl methyl sites for hydroxylation is 1. The number of carbonyl (C=O) groups is 2. The van der Waals surface area contributed by atoms with Gasteiger partial charge in [-0.3, -0.25) is 9.59 Å². The van der Waals surface area contributed by atoms with Gasteiger partial charge in [0.15, 0.2) is 11.6 Å². The zero-order chi connectivity index (χ0) is 35.2. The highest BCUT2D eigenvalue weighted by Gasteiger charge is 2.18. The molecule has 252 valence electrons. The fourth-order valence-electron chi connectivity index (χ4n) is 5.41. The number of benzene rings is 5. The minimum absolute atomic E-state index is 0.160. The van der Waals surface area contributed by atoms with Crippen molar-refractivity contribution in [2.24, 2.45) is 0 Å². The highest BCUT2D eigenvalue weighted by atomic mass is 19.1. The number of hydrogen-bond acceptors (Lipinski definition) is 7. The van der Waals surface area contributed by atoms with Crippen LogP contribution in [0.3, 0.4) is 0 Å². The molecule has 2 N–H and O–H groups in total. The van der Waals surface area contributed by atoms with Gasteiger partial charge in [-0.25, -0.2) is 8.78 Å². The van der Waals surface area contributed by atoms with Gasteiger partial charge in [0, 0.05) is 34.6 Å². The highest BCUT2D eigenvalue weighted by molar-refractivity contribution is 5.92. The maximum absolute atomic E-state index is 14.5. The lowest BCUT2D eigenvalue weighted by Gasteiger charge is -2.23. The van der Waals surface area contributed by atoms with Gasteiger partial charge in [0.25, 0.3) is 5.89 Å². The first-order valence-corrected chi connectivity index (χ1v) is 15.6. The maximum atomic E-state index is 14.5. The normalized spacial score (nSPS) is 10.9. The Bertz CT molecular complexity index is 2120. The van der Waals surface area contributed by atoms with Crippen LogP contribution in [0.2, 0.25) is 0 Å². The number of aliphatic carboxylic acids is 1. The molecule has 0 aliphatic heterocycles. The van der Waals surface area contributed by atoms with E-state index >= 15 is 0 Å². The number of carboxylic acid groups (broad SMARTS) is 1. The van der Waals surface area contributed by atoms with E-state index in [1.807, 2.05) is 48.5 Å². The van der Waals surface area contributed by atoms with E-state index in [2.05, 4.69) is 46.6 Å². The highest BCUT2D eigenvalue weighted by Crippen LogP contribution is 2.28. The number of rotatable bonds is 12. The number of aromatic nitrogens is 2. The van der Waals surface area contributed by atoms with E-state index in [0.717, 1.165) is 39.9 Å². The molecule has 0 radical (unpaired) electrons. The summed E-state index contributed by atoms with van der Waals surface area (Å²) in [5.41, 5.74) is 6.34. The third-order valence-corrected chi connectivity index (χ3v) is 8.08. The predicted octanol–water partition coefficient (Wildman–Crippen LogP) is 7.94. The number of halogens is 2. The first-order valence-electron chi connectivity index (χ1n) is 15.6. The van der Waals surface area contributed by atoms with Crippen molar-refractivity contribution in [2.75, 3.05) is 23.9 Å². The van der Waals surface area contributed by atoms with Crippen molar-refractivity contribution in [2.45, 2.75) is 19.9 Å². The van der Waals surface area contributed by atoms with Crippen LogP contribution in [0.15, 0.2) is 114 Å². The van der Waals surface area contributed by atoms with Crippen LogP contribution in [0.1, 0.15) is 16.7 Å². The molecule has 5 aromatic carbocycles. The zero-order valence-electron chi connectivity index (χ0n) is 27.2. The van der Waals surface area contributed by atoms with Crippen LogP contribution >= 0.6 is 0 Å². The lowest BCUT2D eigenvalue weighted by molar-refractivity contribution is -0.135. The molecule has 0 unspecified atom stereocenters. The SMILES string of the molecule is COc1ccc(F)c(CC(=O)Nc2ccc(N(CC(=O)O)Cc3ccc(-c4noc(-c5ccc(-c6ccc(C)cc6)cc5)n4)cc3)cc2)c1F. The molecule has 1 aromatic heterocycles. The first-order chi connectivity index (χ1) is 24.2. The average molecular weight is 675 g/mol. The van der Waals surface area contributed by atoms with Gasteiger partial charge in [-0.05, 0) is 72.1 Å². The van der Waals surface area contributed by atoms with E-state index < -0.39 is 35.5 Å². The second-order valence-corrected chi connectivity index (χ2v) is 11.6. The largest absolute Gasteiger partial charge is 0.494 e. The molecular weight excluding hydrogens is 642 g/mol. The second kappa shape index (κ2) is 14.8. The smallest absolute Gasteiger partial charge is 0.323 e. The van der Waals surface area contributed by atoms with Crippen LogP contribution in [0.5, 0.6) is 5.75 Å². The van der Waals surface area contributed by atoms with Crippen LogP contribution in [0.4, 0.5) is 20.2 Å². The number of anilines is 2. The van der Waals surface area contributed by atoms with E-state index in [1.165, 1.54) is 12.7 Å². The third-order valence-electron chi connectivity index (χ3n) is 8.08. The molecule has 11 heteroatoms. The molecule has 0 saturated heterocycles. The van der Waals surface area contributed by atoms with Crippen molar-refractivity contribution in [1.82, 2.24) is 10.1 Å². The Labute approximate surface area is 286 Å². The molecule has 50 heavy (non-hydrogen) atoms. The fraction of sp³-hybridized carbons (Fsp3) is 0.128. The molecule has 0 atom stereocenters. The summed E-state index contributed by atoms with van der Waals surface area (Å²) in [5, 5.41) is 16.4. The monoisotopic (exact) mass is 674 g/mol. The summed E-state index contributed by atoms with van der Waals surface area (Å²) in [6.45, 7) is 2.05. The molecule has 1 amide bonds. The van der Waals surface area contributed by atoms with E-state index in [4.69, 9.17) is 9.26 Å². The summed E-state index contributed by atoms with van der Waals surface area (Å²) >= 11 is 0. The lowest BCUT2D eigenvalue weighted by atomic mass is 10.0. The Morgan fingerprint density at radius 2 is 1.44 bits per heavy atom. The fourth-order valence-corrected chi connectivity index (χ4v) is 5.41. The van der Waals surface area contributed by atoms with Crippen LogP contribution in [0, 0.1) is 18.6 Å². The summed E-state index contributed by atoms with van der Waals surface area (Å²) in [6, 6.07) is 32.3. The van der Waals surface area contributed by atoms with E-state index in [9.17, 15) is 23.5 Å². The number of nitrogens with zero attached hydrogens (tertiary/aromatic N) is 3. The standard InChI is InChI=1S/C39H32F2N4O5/c1-24-3-7-26(8-4-24)27-11-13-29(14-12-27)39-43-38(44-50-39)28-9-5-25(6-10-28)22-45(23-36(47)48)31-17-15-30(16-18-31)42-35(46)21-32-33(40)19-20-34(49-2)37(32)41/h3-20H,21-23H2,1-2H3,(H,42,46)(H,47,48). The number of nitrogens with one attached hydrogen (secondary N) is 1. The van der Waals surface area contributed by atoms with Crippen molar-refractivity contribution >= 4 is 23.3 Å².